The Labute approximate surface area is 124 Å². The fourth-order valence-electron chi connectivity index (χ4n) is 2.76. The van der Waals surface area contributed by atoms with Crippen LogP contribution in [0.1, 0.15) is 34.7 Å². The van der Waals surface area contributed by atoms with Crippen molar-refractivity contribution < 1.29 is 0 Å². The summed E-state index contributed by atoms with van der Waals surface area (Å²) in [5, 5.41) is 13.1. The van der Waals surface area contributed by atoms with Crippen molar-refractivity contribution in [3.05, 3.63) is 69.7 Å². The molecule has 1 aliphatic carbocycles. The molecule has 3 rings (SSSR count). The third kappa shape index (κ3) is 2.56. The zero-order valence-corrected chi connectivity index (χ0v) is 11.8. The highest BCUT2D eigenvalue weighted by molar-refractivity contribution is 6.31. The molecule has 1 unspecified atom stereocenters. The standard InChI is InChI=1S/C17H15ClN2/c18-16-9-12(10-19)5-6-14(16)11-20-17-8-7-13-3-1-2-4-15(13)17/h1-6,9,17,20H,7-8,11H2. The molecule has 0 amide bonds. The quantitative estimate of drug-likeness (QED) is 0.924. The molecule has 0 aliphatic heterocycles. The second-order valence-corrected chi connectivity index (χ2v) is 5.50. The highest BCUT2D eigenvalue weighted by atomic mass is 35.5. The third-order valence-corrected chi connectivity index (χ3v) is 4.21. The number of nitrogens with zero attached hydrogens (tertiary/aromatic N) is 1. The molecule has 0 heterocycles. The van der Waals surface area contributed by atoms with Gasteiger partial charge in [0.1, 0.15) is 0 Å². The van der Waals surface area contributed by atoms with Gasteiger partial charge in [-0.15, -0.1) is 0 Å². The van der Waals surface area contributed by atoms with Crippen molar-refractivity contribution in [3.63, 3.8) is 0 Å². The SMILES string of the molecule is N#Cc1ccc(CNC2CCc3ccccc32)c(Cl)c1. The van der Waals surface area contributed by atoms with Gasteiger partial charge in [-0.05, 0) is 41.7 Å². The van der Waals surface area contributed by atoms with Crippen molar-refractivity contribution in [2.75, 3.05) is 0 Å². The fourth-order valence-corrected chi connectivity index (χ4v) is 3.01. The first-order chi connectivity index (χ1) is 9.78. The molecular weight excluding hydrogens is 268 g/mol. The Balaban J connectivity index is 1.71. The molecule has 1 atom stereocenters. The van der Waals surface area contributed by atoms with E-state index in [1.807, 2.05) is 12.1 Å². The van der Waals surface area contributed by atoms with E-state index in [-0.39, 0.29) is 0 Å². The Morgan fingerprint density at radius 1 is 1.25 bits per heavy atom. The van der Waals surface area contributed by atoms with Crippen molar-refractivity contribution in [2.24, 2.45) is 0 Å². The summed E-state index contributed by atoms with van der Waals surface area (Å²) >= 11 is 6.20. The predicted molar refractivity (Wildman–Crippen MR) is 80.5 cm³/mol. The van der Waals surface area contributed by atoms with Crippen LogP contribution in [0.5, 0.6) is 0 Å². The van der Waals surface area contributed by atoms with Crippen molar-refractivity contribution in [3.8, 4) is 6.07 Å². The van der Waals surface area contributed by atoms with Gasteiger partial charge in [0, 0.05) is 17.6 Å². The number of aryl methyl sites for hydroxylation is 1. The van der Waals surface area contributed by atoms with Gasteiger partial charge >= 0.3 is 0 Å². The van der Waals surface area contributed by atoms with Crippen molar-refractivity contribution in [1.82, 2.24) is 5.32 Å². The molecule has 0 saturated carbocycles. The highest BCUT2D eigenvalue weighted by Gasteiger charge is 2.21. The smallest absolute Gasteiger partial charge is 0.0992 e. The molecule has 0 spiro atoms. The Morgan fingerprint density at radius 2 is 2.10 bits per heavy atom. The maximum Gasteiger partial charge on any atom is 0.0992 e. The average molecular weight is 283 g/mol. The summed E-state index contributed by atoms with van der Waals surface area (Å²) in [7, 11) is 0. The number of fused-ring (bicyclic) bond motifs is 1. The van der Waals surface area contributed by atoms with Gasteiger partial charge in [-0.3, -0.25) is 0 Å². The predicted octanol–water partition coefficient (Wildman–Crippen LogP) is 3.99. The first kappa shape index (κ1) is 13.2. The summed E-state index contributed by atoms with van der Waals surface area (Å²) in [4.78, 5) is 0. The molecule has 0 fully saturated rings. The highest BCUT2D eigenvalue weighted by Crippen LogP contribution is 2.31. The average Bonchev–Trinajstić information content (AvgIpc) is 2.89. The lowest BCUT2D eigenvalue weighted by Crippen LogP contribution is -2.18. The summed E-state index contributed by atoms with van der Waals surface area (Å²) in [5.41, 5.74) is 4.48. The van der Waals surface area contributed by atoms with Crippen LogP contribution in [0.3, 0.4) is 0 Å². The van der Waals surface area contributed by atoms with Gasteiger partial charge in [-0.25, -0.2) is 0 Å². The van der Waals surface area contributed by atoms with Crippen LogP contribution in [0.2, 0.25) is 5.02 Å². The Hall–Kier alpha value is -1.82. The number of nitrogens with one attached hydrogen (secondary N) is 1. The first-order valence-electron chi connectivity index (χ1n) is 6.77. The first-order valence-corrected chi connectivity index (χ1v) is 7.15. The molecule has 1 aliphatic rings. The van der Waals surface area contributed by atoms with E-state index in [0.29, 0.717) is 16.6 Å². The van der Waals surface area contributed by atoms with E-state index in [1.54, 1.807) is 6.07 Å². The van der Waals surface area contributed by atoms with E-state index in [4.69, 9.17) is 16.9 Å². The molecule has 0 saturated heterocycles. The summed E-state index contributed by atoms with van der Waals surface area (Å²) in [6.07, 6.45) is 2.27. The molecule has 20 heavy (non-hydrogen) atoms. The zero-order valence-electron chi connectivity index (χ0n) is 11.1. The van der Waals surface area contributed by atoms with E-state index in [9.17, 15) is 0 Å². The molecule has 2 aromatic rings. The van der Waals surface area contributed by atoms with Gasteiger partial charge in [0.25, 0.3) is 0 Å². The normalized spacial score (nSPS) is 16.7. The monoisotopic (exact) mass is 282 g/mol. The number of benzene rings is 2. The lowest BCUT2D eigenvalue weighted by molar-refractivity contribution is 0.530. The number of halogens is 1. The van der Waals surface area contributed by atoms with Crippen molar-refractivity contribution >= 4 is 11.6 Å². The Morgan fingerprint density at radius 3 is 2.90 bits per heavy atom. The molecule has 0 bridgehead atoms. The number of rotatable bonds is 3. The lowest BCUT2D eigenvalue weighted by Gasteiger charge is -2.14. The van der Waals surface area contributed by atoms with Crippen LogP contribution < -0.4 is 5.32 Å². The molecule has 3 heteroatoms. The van der Waals surface area contributed by atoms with Crippen LogP contribution in [-0.4, -0.2) is 0 Å². The molecule has 2 nitrogen and oxygen atoms in total. The third-order valence-electron chi connectivity index (χ3n) is 3.85. The second-order valence-electron chi connectivity index (χ2n) is 5.09. The van der Waals surface area contributed by atoms with Gasteiger partial charge < -0.3 is 5.32 Å². The van der Waals surface area contributed by atoms with Crippen LogP contribution in [0, 0.1) is 11.3 Å². The molecule has 0 radical (unpaired) electrons. The molecule has 2 aromatic carbocycles. The van der Waals surface area contributed by atoms with Crippen molar-refractivity contribution in [2.45, 2.75) is 25.4 Å². The largest absolute Gasteiger partial charge is 0.306 e. The number of hydrogen-bond acceptors (Lipinski definition) is 2. The maximum absolute atomic E-state index is 8.84. The van der Waals surface area contributed by atoms with Gasteiger partial charge in [0.2, 0.25) is 0 Å². The summed E-state index contributed by atoms with van der Waals surface area (Å²) < 4.78 is 0. The van der Waals surface area contributed by atoms with E-state index < -0.39 is 0 Å². The zero-order chi connectivity index (χ0) is 13.9. The topological polar surface area (TPSA) is 35.8 Å². The van der Waals surface area contributed by atoms with Gasteiger partial charge in [-0.1, -0.05) is 41.9 Å². The second kappa shape index (κ2) is 5.66. The van der Waals surface area contributed by atoms with Crippen LogP contribution >= 0.6 is 11.6 Å². The van der Waals surface area contributed by atoms with E-state index in [2.05, 4.69) is 35.7 Å². The maximum atomic E-state index is 8.84. The van der Waals surface area contributed by atoms with E-state index >= 15 is 0 Å². The molecular formula is C17H15ClN2. The minimum atomic E-state index is 0.401. The minimum Gasteiger partial charge on any atom is -0.306 e. The van der Waals surface area contributed by atoms with Crippen LogP contribution in [0.25, 0.3) is 0 Å². The number of hydrogen-bond donors (Lipinski definition) is 1. The Bertz CT molecular complexity index is 673. The van der Waals surface area contributed by atoms with Gasteiger partial charge in [0.05, 0.1) is 11.6 Å². The van der Waals surface area contributed by atoms with Crippen LogP contribution in [0.15, 0.2) is 42.5 Å². The summed E-state index contributed by atoms with van der Waals surface area (Å²) in [6, 6.07) is 16.5. The number of nitriles is 1. The summed E-state index contributed by atoms with van der Waals surface area (Å²) in [6.45, 7) is 0.726. The summed E-state index contributed by atoms with van der Waals surface area (Å²) in [5.74, 6) is 0. The minimum absolute atomic E-state index is 0.401. The van der Waals surface area contributed by atoms with E-state index in [0.717, 1.165) is 24.9 Å². The molecule has 0 aromatic heterocycles. The van der Waals surface area contributed by atoms with Crippen molar-refractivity contribution in [1.29, 1.82) is 5.26 Å². The van der Waals surface area contributed by atoms with Crippen LogP contribution in [-0.2, 0) is 13.0 Å². The van der Waals surface area contributed by atoms with Gasteiger partial charge in [0.15, 0.2) is 0 Å². The molecule has 1 N–H and O–H groups in total. The van der Waals surface area contributed by atoms with Gasteiger partial charge in [-0.2, -0.15) is 5.26 Å². The Kier molecular flexibility index (Phi) is 3.73. The molecule has 100 valence electrons. The van der Waals surface area contributed by atoms with E-state index in [1.165, 1.54) is 11.1 Å². The van der Waals surface area contributed by atoms with Crippen LogP contribution in [0.4, 0.5) is 0 Å². The lowest BCUT2D eigenvalue weighted by atomic mass is 10.1. The fraction of sp³-hybridized carbons (Fsp3) is 0.235.